The lowest BCUT2D eigenvalue weighted by atomic mass is 9.85. The fraction of sp³-hybridized carbons (Fsp3) is 0.611. The number of hydrogen-bond donors (Lipinski definition) is 0. The third-order valence-electron chi connectivity index (χ3n) is 3.62. The molecule has 0 spiro atoms. The van der Waals surface area contributed by atoms with E-state index in [4.69, 9.17) is 0 Å². The van der Waals surface area contributed by atoms with Crippen molar-refractivity contribution in [2.45, 2.75) is 71.8 Å². The standard InChI is InChI=1S/C18H29NO/c1-8-14(13-19(20)18(5,6)7)15-9-11-16(12-10-15)17(2,3)4/h9-14H,8H2,1-7H3. The van der Waals surface area contributed by atoms with Crippen LogP contribution in [0.15, 0.2) is 24.3 Å². The van der Waals surface area contributed by atoms with Crippen molar-refractivity contribution in [3.05, 3.63) is 40.6 Å². The fourth-order valence-corrected chi connectivity index (χ4v) is 2.04. The van der Waals surface area contributed by atoms with Gasteiger partial charge in [0.2, 0.25) is 0 Å². The summed E-state index contributed by atoms with van der Waals surface area (Å²) in [6, 6.07) is 8.67. The van der Waals surface area contributed by atoms with Crippen LogP contribution in [0.25, 0.3) is 0 Å². The molecule has 2 heteroatoms. The zero-order chi connectivity index (χ0) is 15.6. The molecule has 0 saturated carbocycles. The lowest BCUT2D eigenvalue weighted by molar-refractivity contribution is -0.532. The summed E-state index contributed by atoms with van der Waals surface area (Å²) in [5, 5.41) is 12.1. The molecule has 0 bridgehead atoms. The maximum absolute atomic E-state index is 12.1. The second kappa shape index (κ2) is 5.99. The summed E-state index contributed by atoms with van der Waals surface area (Å²) in [4.78, 5) is 0. The van der Waals surface area contributed by atoms with Crippen LogP contribution in [0, 0.1) is 5.21 Å². The predicted molar refractivity (Wildman–Crippen MR) is 87.6 cm³/mol. The minimum atomic E-state index is -0.376. The average Bonchev–Trinajstić information content (AvgIpc) is 2.33. The summed E-state index contributed by atoms with van der Waals surface area (Å²) < 4.78 is 1.08. The molecule has 0 heterocycles. The van der Waals surface area contributed by atoms with E-state index < -0.39 is 0 Å². The van der Waals surface area contributed by atoms with Crippen molar-refractivity contribution in [2.24, 2.45) is 0 Å². The molecule has 0 aliphatic rings. The van der Waals surface area contributed by atoms with Gasteiger partial charge in [0.05, 0.1) is 5.92 Å². The molecule has 20 heavy (non-hydrogen) atoms. The van der Waals surface area contributed by atoms with Crippen LogP contribution in [0.3, 0.4) is 0 Å². The van der Waals surface area contributed by atoms with Crippen LogP contribution in [-0.2, 0) is 5.41 Å². The Hall–Kier alpha value is -1.31. The smallest absolute Gasteiger partial charge is 0.164 e. The Morgan fingerprint density at radius 2 is 1.55 bits per heavy atom. The van der Waals surface area contributed by atoms with Gasteiger partial charge in [-0.1, -0.05) is 52.0 Å². The van der Waals surface area contributed by atoms with Crippen LogP contribution in [0.1, 0.15) is 71.9 Å². The van der Waals surface area contributed by atoms with E-state index in [1.165, 1.54) is 11.1 Å². The highest BCUT2D eigenvalue weighted by Crippen LogP contribution is 2.25. The summed E-state index contributed by atoms with van der Waals surface area (Å²) in [7, 11) is 0. The zero-order valence-corrected chi connectivity index (χ0v) is 14.0. The lowest BCUT2D eigenvalue weighted by Crippen LogP contribution is -2.30. The maximum atomic E-state index is 12.1. The van der Waals surface area contributed by atoms with Gasteiger partial charge in [-0.2, -0.15) is 0 Å². The number of rotatable bonds is 3. The van der Waals surface area contributed by atoms with Crippen molar-refractivity contribution in [1.82, 2.24) is 0 Å². The molecule has 1 aromatic rings. The van der Waals surface area contributed by atoms with Crippen LogP contribution in [-0.4, -0.2) is 16.5 Å². The van der Waals surface area contributed by atoms with Gasteiger partial charge in [-0.05, 0) is 23.0 Å². The first-order valence-electron chi connectivity index (χ1n) is 7.47. The molecule has 1 atom stereocenters. The van der Waals surface area contributed by atoms with Crippen LogP contribution >= 0.6 is 0 Å². The first-order chi connectivity index (χ1) is 9.05. The Kier molecular flexibility index (Phi) is 5.01. The molecule has 2 nitrogen and oxygen atoms in total. The van der Waals surface area contributed by atoms with Crippen LogP contribution < -0.4 is 0 Å². The van der Waals surface area contributed by atoms with Crippen molar-refractivity contribution < 1.29 is 4.74 Å². The van der Waals surface area contributed by atoms with Crippen LogP contribution in [0.4, 0.5) is 0 Å². The van der Waals surface area contributed by atoms with E-state index in [1.807, 2.05) is 27.0 Å². The van der Waals surface area contributed by atoms with Crippen LogP contribution in [0.2, 0.25) is 0 Å². The van der Waals surface area contributed by atoms with Gasteiger partial charge >= 0.3 is 0 Å². The third kappa shape index (κ3) is 4.36. The van der Waals surface area contributed by atoms with Gasteiger partial charge < -0.3 is 5.21 Å². The Labute approximate surface area is 124 Å². The minimum Gasteiger partial charge on any atom is -0.624 e. The van der Waals surface area contributed by atoms with Crippen molar-refractivity contribution in [3.8, 4) is 0 Å². The monoisotopic (exact) mass is 275 g/mol. The Morgan fingerprint density at radius 3 is 1.90 bits per heavy atom. The van der Waals surface area contributed by atoms with E-state index in [9.17, 15) is 5.21 Å². The molecule has 0 aliphatic heterocycles. The Bertz CT molecular complexity index is 458. The van der Waals surface area contributed by atoms with Gasteiger partial charge in [0, 0.05) is 20.8 Å². The van der Waals surface area contributed by atoms with E-state index in [0.717, 1.165) is 11.2 Å². The first-order valence-corrected chi connectivity index (χ1v) is 7.47. The highest BCUT2D eigenvalue weighted by atomic mass is 16.5. The number of benzene rings is 1. The molecule has 0 fully saturated rings. The van der Waals surface area contributed by atoms with Gasteiger partial charge in [-0.25, -0.2) is 4.74 Å². The van der Waals surface area contributed by atoms with Crippen molar-refractivity contribution >= 4 is 6.21 Å². The van der Waals surface area contributed by atoms with E-state index in [-0.39, 0.29) is 16.9 Å². The second-order valence-corrected chi connectivity index (χ2v) is 7.53. The molecule has 0 aromatic heterocycles. The molecule has 1 unspecified atom stereocenters. The lowest BCUT2D eigenvalue weighted by Gasteiger charge is -2.22. The number of hydrogen-bond acceptors (Lipinski definition) is 1. The molecule has 0 radical (unpaired) electrons. The topological polar surface area (TPSA) is 26.1 Å². The highest BCUT2D eigenvalue weighted by Gasteiger charge is 2.21. The molecule has 0 amide bonds. The molecule has 0 aliphatic carbocycles. The van der Waals surface area contributed by atoms with Gasteiger partial charge in [-0.3, -0.25) is 0 Å². The highest BCUT2D eigenvalue weighted by molar-refractivity contribution is 5.63. The van der Waals surface area contributed by atoms with E-state index in [0.29, 0.717) is 0 Å². The van der Waals surface area contributed by atoms with E-state index in [1.54, 1.807) is 0 Å². The number of hydroxylamine groups is 1. The summed E-state index contributed by atoms with van der Waals surface area (Å²) >= 11 is 0. The Balaban J connectivity index is 3.03. The number of nitrogens with zero attached hydrogens (tertiary/aromatic N) is 1. The SMILES string of the molecule is CCC(C=[N+]([O-])C(C)(C)C)c1ccc(C(C)(C)C)cc1. The molecular weight excluding hydrogens is 246 g/mol. The molecule has 112 valence electrons. The van der Waals surface area contributed by atoms with Crippen LogP contribution in [0.5, 0.6) is 0 Å². The maximum Gasteiger partial charge on any atom is 0.164 e. The molecule has 0 N–H and O–H groups in total. The Morgan fingerprint density at radius 1 is 1.05 bits per heavy atom. The summed E-state index contributed by atoms with van der Waals surface area (Å²) in [6.07, 6.45) is 2.75. The molecule has 1 rings (SSSR count). The second-order valence-electron chi connectivity index (χ2n) is 7.53. The minimum absolute atomic E-state index is 0.167. The predicted octanol–water partition coefficient (Wildman–Crippen LogP) is 4.86. The largest absolute Gasteiger partial charge is 0.624 e. The summed E-state index contributed by atoms with van der Waals surface area (Å²) in [5.41, 5.74) is 2.33. The van der Waals surface area contributed by atoms with Gasteiger partial charge in [0.15, 0.2) is 11.8 Å². The van der Waals surface area contributed by atoms with E-state index in [2.05, 4.69) is 52.0 Å². The van der Waals surface area contributed by atoms with Gasteiger partial charge in [0.1, 0.15) is 0 Å². The zero-order valence-electron chi connectivity index (χ0n) is 14.0. The first kappa shape index (κ1) is 16.7. The fourth-order valence-electron chi connectivity index (χ4n) is 2.04. The quantitative estimate of drug-likeness (QED) is 0.335. The third-order valence-corrected chi connectivity index (χ3v) is 3.62. The van der Waals surface area contributed by atoms with E-state index >= 15 is 0 Å². The van der Waals surface area contributed by atoms with Gasteiger partial charge in [0.25, 0.3) is 0 Å². The molecule has 0 saturated heterocycles. The van der Waals surface area contributed by atoms with Crippen molar-refractivity contribution in [1.29, 1.82) is 0 Å². The average molecular weight is 275 g/mol. The van der Waals surface area contributed by atoms with Crippen molar-refractivity contribution in [3.63, 3.8) is 0 Å². The summed E-state index contributed by atoms with van der Waals surface area (Å²) in [5.74, 6) is 0.181. The van der Waals surface area contributed by atoms with Gasteiger partial charge in [-0.15, -0.1) is 0 Å². The summed E-state index contributed by atoms with van der Waals surface area (Å²) in [6.45, 7) is 14.6. The molecular formula is C18H29NO. The normalized spacial score (nSPS) is 15.2. The molecule has 1 aromatic carbocycles. The van der Waals surface area contributed by atoms with Crippen molar-refractivity contribution in [2.75, 3.05) is 0 Å².